The fourth-order valence-electron chi connectivity index (χ4n) is 4.41. The van der Waals surface area contributed by atoms with Crippen molar-refractivity contribution in [1.82, 2.24) is 0 Å². The van der Waals surface area contributed by atoms with Gasteiger partial charge in [-0.15, -0.1) is 0 Å². The molecule has 0 spiro atoms. The normalized spacial score (nSPS) is 20.5. The van der Waals surface area contributed by atoms with E-state index in [4.69, 9.17) is 5.11 Å². The summed E-state index contributed by atoms with van der Waals surface area (Å²) in [4.78, 5) is 10.9. The number of rotatable bonds is 16. The zero-order valence-corrected chi connectivity index (χ0v) is 16.2. The van der Waals surface area contributed by atoms with Crippen LogP contribution in [0.3, 0.4) is 0 Å². The highest BCUT2D eigenvalue weighted by molar-refractivity contribution is 5.67. The van der Waals surface area contributed by atoms with Gasteiger partial charge in [0.15, 0.2) is 0 Å². The fraction of sp³-hybridized carbons (Fsp3) is 0.955. The molecule has 0 radical (unpaired) electrons. The second-order valence-electron chi connectivity index (χ2n) is 8.08. The molecule has 0 saturated heterocycles. The van der Waals surface area contributed by atoms with Gasteiger partial charge in [-0.25, -0.2) is 0 Å². The van der Waals surface area contributed by atoms with Gasteiger partial charge in [-0.05, 0) is 18.3 Å². The highest BCUT2D eigenvalue weighted by atomic mass is 16.4. The van der Waals surface area contributed by atoms with Crippen molar-refractivity contribution in [2.45, 2.75) is 122 Å². The molecule has 1 fully saturated rings. The molecule has 142 valence electrons. The number of aliphatic carboxylic acids is 1. The van der Waals surface area contributed by atoms with Crippen LogP contribution in [0.5, 0.6) is 0 Å². The van der Waals surface area contributed by atoms with Gasteiger partial charge in [0, 0.05) is 6.42 Å². The minimum absolute atomic E-state index is 0.406. The van der Waals surface area contributed by atoms with Crippen molar-refractivity contribution in [3.05, 3.63) is 0 Å². The molecule has 2 heteroatoms. The molecule has 0 aromatic carbocycles. The van der Waals surface area contributed by atoms with E-state index in [1.54, 1.807) is 0 Å². The average molecular weight is 339 g/mol. The Hall–Kier alpha value is -0.530. The highest BCUT2D eigenvalue weighted by Crippen LogP contribution is 2.37. The summed E-state index contributed by atoms with van der Waals surface area (Å²) in [5, 5.41) is 8.98. The molecule has 2 nitrogen and oxygen atoms in total. The molecule has 1 N–H and O–H groups in total. The maximum Gasteiger partial charge on any atom is 0.303 e. The predicted octanol–water partition coefficient (Wildman–Crippen LogP) is 7.36. The molecule has 0 aromatic heterocycles. The standard InChI is InChI=1S/C22H42O2/c1-2-3-4-5-6-7-8-9-10-11-12-13-14-16-20-17-15-18-21(20)19-22(23)24/h20-21H,2-19H2,1H3,(H,23,24). The topological polar surface area (TPSA) is 37.3 Å². The van der Waals surface area contributed by atoms with E-state index in [0.717, 1.165) is 6.42 Å². The van der Waals surface area contributed by atoms with Crippen LogP contribution in [-0.2, 0) is 4.79 Å². The van der Waals surface area contributed by atoms with Gasteiger partial charge >= 0.3 is 5.97 Å². The lowest BCUT2D eigenvalue weighted by atomic mass is 9.88. The third kappa shape index (κ3) is 11.1. The summed E-state index contributed by atoms with van der Waals surface area (Å²) in [7, 11) is 0. The summed E-state index contributed by atoms with van der Waals surface area (Å²) in [6.07, 6.45) is 23.6. The maximum atomic E-state index is 10.9. The van der Waals surface area contributed by atoms with Crippen molar-refractivity contribution >= 4 is 5.97 Å². The van der Waals surface area contributed by atoms with E-state index in [1.807, 2.05) is 0 Å². The fourth-order valence-corrected chi connectivity index (χ4v) is 4.41. The largest absolute Gasteiger partial charge is 0.481 e. The van der Waals surface area contributed by atoms with E-state index in [0.29, 0.717) is 18.3 Å². The molecule has 0 bridgehead atoms. The van der Waals surface area contributed by atoms with Crippen molar-refractivity contribution in [3.8, 4) is 0 Å². The number of hydrogen-bond acceptors (Lipinski definition) is 1. The lowest BCUT2D eigenvalue weighted by molar-refractivity contribution is -0.138. The van der Waals surface area contributed by atoms with Crippen LogP contribution < -0.4 is 0 Å². The van der Waals surface area contributed by atoms with Crippen LogP contribution in [0.4, 0.5) is 0 Å². The van der Waals surface area contributed by atoms with Crippen molar-refractivity contribution in [2.24, 2.45) is 11.8 Å². The van der Waals surface area contributed by atoms with Gasteiger partial charge in [-0.1, -0.05) is 110 Å². The first-order chi connectivity index (χ1) is 11.7. The summed E-state index contributed by atoms with van der Waals surface area (Å²) in [5.41, 5.74) is 0. The van der Waals surface area contributed by atoms with E-state index in [9.17, 15) is 4.79 Å². The first-order valence-electron chi connectivity index (χ1n) is 11.0. The van der Waals surface area contributed by atoms with Crippen LogP contribution in [0.15, 0.2) is 0 Å². The summed E-state index contributed by atoms with van der Waals surface area (Å²) in [5.74, 6) is 0.575. The van der Waals surface area contributed by atoms with Gasteiger partial charge in [0.25, 0.3) is 0 Å². The average Bonchev–Trinajstić information content (AvgIpc) is 2.98. The second kappa shape index (κ2) is 14.8. The molecule has 1 aliphatic rings. The van der Waals surface area contributed by atoms with Crippen molar-refractivity contribution in [3.63, 3.8) is 0 Å². The number of carboxylic acid groups (broad SMARTS) is 1. The van der Waals surface area contributed by atoms with Crippen molar-refractivity contribution in [2.75, 3.05) is 0 Å². The third-order valence-electron chi connectivity index (χ3n) is 5.93. The molecule has 1 rings (SSSR count). The Morgan fingerprint density at radius 2 is 1.21 bits per heavy atom. The van der Waals surface area contributed by atoms with Crippen molar-refractivity contribution in [1.29, 1.82) is 0 Å². The molecule has 0 aliphatic heterocycles. The van der Waals surface area contributed by atoms with Crippen LogP contribution in [0.2, 0.25) is 0 Å². The molecule has 0 amide bonds. The summed E-state index contributed by atoms with van der Waals surface area (Å²) >= 11 is 0. The first-order valence-corrected chi connectivity index (χ1v) is 11.0. The minimum atomic E-state index is -0.600. The van der Waals surface area contributed by atoms with Crippen LogP contribution in [-0.4, -0.2) is 11.1 Å². The van der Waals surface area contributed by atoms with Gasteiger partial charge in [-0.3, -0.25) is 4.79 Å². The maximum absolute atomic E-state index is 10.9. The summed E-state index contributed by atoms with van der Waals surface area (Å²) in [6.45, 7) is 2.28. The molecule has 1 saturated carbocycles. The SMILES string of the molecule is CCCCCCCCCCCCCCCC1CCCC1CC(=O)O. The van der Waals surface area contributed by atoms with E-state index in [-0.39, 0.29) is 0 Å². The Morgan fingerprint density at radius 1 is 0.750 bits per heavy atom. The molecule has 2 unspecified atom stereocenters. The lowest BCUT2D eigenvalue weighted by Gasteiger charge is -2.17. The lowest BCUT2D eigenvalue weighted by Crippen LogP contribution is -2.12. The number of hydrogen-bond donors (Lipinski definition) is 1. The minimum Gasteiger partial charge on any atom is -0.481 e. The monoisotopic (exact) mass is 338 g/mol. The predicted molar refractivity (Wildman–Crippen MR) is 103 cm³/mol. The number of carboxylic acids is 1. The van der Waals surface area contributed by atoms with E-state index >= 15 is 0 Å². The highest BCUT2D eigenvalue weighted by Gasteiger charge is 2.28. The van der Waals surface area contributed by atoms with Crippen LogP contribution in [0, 0.1) is 11.8 Å². The van der Waals surface area contributed by atoms with Gasteiger partial charge in [0.2, 0.25) is 0 Å². The molecule has 2 atom stereocenters. The van der Waals surface area contributed by atoms with Gasteiger partial charge < -0.3 is 5.11 Å². The molecule has 1 aliphatic carbocycles. The zero-order chi connectivity index (χ0) is 17.5. The van der Waals surface area contributed by atoms with E-state index in [1.165, 1.54) is 103 Å². The van der Waals surface area contributed by atoms with E-state index in [2.05, 4.69) is 6.92 Å². The Kier molecular flexibility index (Phi) is 13.3. The smallest absolute Gasteiger partial charge is 0.303 e. The summed E-state index contributed by atoms with van der Waals surface area (Å²) in [6, 6.07) is 0. The summed E-state index contributed by atoms with van der Waals surface area (Å²) < 4.78 is 0. The molecule has 0 heterocycles. The quantitative estimate of drug-likeness (QED) is 0.298. The Labute approximate surface area is 150 Å². The molecule has 0 aromatic rings. The molecular formula is C22H42O2. The zero-order valence-electron chi connectivity index (χ0n) is 16.2. The molecule has 24 heavy (non-hydrogen) atoms. The van der Waals surface area contributed by atoms with Crippen LogP contribution in [0.25, 0.3) is 0 Å². The Morgan fingerprint density at radius 3 is 1.71 bits per heavy atom. The first kappa shape index (κ1) is 21.5. The van der Waals surface area contributed by atoms with Crippen molar-refractivity contribution < 1.29 is 9.90 Å². The number of unbranched alkanes of at least 4 members (excludes halogenated alkanes) is 12. The Balaban J connectivity index is 1.83. The second-order valence-corrected chi connectivity index (χ2v) is 8.08. The third-order valence-corrected chi connectivity index (χ3v) is 5.93. The Bertz CT molecular complexity index is 300. The van der Waals surface area contributed by atoms with E-state index < -0.39 is 5.97 Å². The van der Waals surface area contributed by atoms with Gasteiger partial charge in [0.1, 0.15) is 0 Å². The van der Waals surface area contributed by atoms with Gasteiger partial charge in [0.05, 0.1) is 0 Å². The van der Waals surface area contributed by atoms with Gasteiger partial charge in [-0.2, -0.15) is 0 Å². The van der Waals surface area contributed by atoms with Crippen LogP contribution in [0.1, 0.15) is 122 Å². The molecular weight excluding hydrogens is 296 g/mol. The van der Waals surface area contributed by atoms with Crippen LogP contribution >= 0.6 is 0 Å². The number of carbonyl (C=O) groups is 1.